The molecular weight excluding hydrogens is 242 g/mol. The molecule has 5 heteroatoms. The number of carbonyl (C=O) groups excluding carboxylic acids is 2. The topological polar surface area (TPSA) is 75.4 Å². The lowest BCUT2D eigenvalue weighted by Crippen LogP contribution is -2.46. The second-order valence-corrected chi connectivity index (χ2v) is 5.52. The normalized spacial score (nSPS) is 18.2. The number of rotatable bonds is 6. The van der Waals surface area contributed by atoms with E-state index in [1.54, 1.807) is 0 Å². The smallest absolute Gasteiger partial charge is 0.222 e. The molecule has 110 valence electrons. The maximum Gasteiger partial charge on any atom is 0.222 e. The van der Waals surface area contributed by atoms with Crippen molar-refractivity contribution in [1.82, 2.24) is 10.2 Å². The Bertz CT molecular complexity index is 299. The van der Waals surface area contributed by atoms with Crippen LogP contribution in [0.5, 0.6) is 0 Å². The van der Waals surface area contributed by atoms with E-state index in [0.29, 0.717) is 19.4 Å². The van der Waals surface area contributed by atoms with E-state index < -0.39 is 0 Å². The van der Waals surface area contributed by atoms with Crippen LogP contribution in [0.1, 0.15) is 46.0 Å². The first-order valence-corrected chi connectivity index (χ1v) is 7.34. The van der Waals surface area contributed by atoms with Crippen molar-refractivity contribution in [3.05, 3.63) is 0 Å². The van der Waals surface area contributed by atoms with Crippen molar-refractivity contribution < 1.29 is 9.59 Å². The number of nitrogens with zero attached hydrogens (tertiary/aromatic N) is 1. The van der Waals surface area contributed by atoms with Crippen LogP contribution in [0.15, 0.2) is 0 Å². The van der Waals surface area contributed by atoms with E-state index in [1.807, 2.05) is 18.7 Å². The quantitative estimate of drug-likeness (QED) is 0.751. The van der Waals surface area contributed by atoms with E-state index in [-0.39, 0.29) is 23.8 Å². The van der Waals surface area contributed by atoms with Gasteiger partial charge in [-0.25, -0.2) is 0 Å². The zero-order valence-electron chi connectivity index (χ0n) is 12.2. The summed E-state index contributed by atoms with van der Waals surface area (Å²) in [6, 6.07) is 0.232. The first-order valence-electron chi connectivity index (χ1n) is 7.34. The molecule has 1 aliphatic rings. The predicted octanol–water partition coefficient (Wildman–Crippen LogP) is 0.879. The number of hydrogen-bond acceptors (Lipinski definition) is 3. The molecule has 1 unspecified atom stereocenters. The van der Waals surface area contributed by atoms with Gasteiger partial charge < -0.3 is 16.0 Å². The number of likely N-dealkylation sites (tertiary alicyclic amines) is 1. The molecule has 1 fully saturated rings. The van der Waals surface area contributed by atoms with Gasteiger partial charge in [-0.2, -0.15) is 0 Å². The summed E-state index contributed by atoms with van der Waals surface area (Å²) < 4.78 is 0. The molecule has 1 heterocycles. The van der Waals surface area contributed by atoms with Crippen LogP contribution in [0, 0.1) is 5.92 Å². The highest BCUT2D eigenvalue weighted by molar-refractivity contribution is 5.77. The SMILES string of the molecule is CCCC(=O)NC1CCN(C(=O)CC(C)CN)CC1. The van der Waals surface area contributed by atoms with E-state index in [2.05, 4.69) is 5.32 Å². The van der Waals surface area contributed by atoms with E-state index in [4.69, 9.17) is 5.73 Å². The van der Waals surface area contributed by atoms with E-state index in [9.17, 15) is 9.59 Å². The van der Waals surface area contributed by atoms with Crippen LogP contribution in [0.4, 0.5) is 0 Å². The molecule has 0 bridgehead atoms. The Kier molecular flexibility index (Phi) is 6.84. The molecule has 0 aromatic carbocycles. The van der Waals surface area contributed by atoms with Gasteiger partial charge in [0.05, 0.1) is 0 Å². The lowest BCUT2D eigenvalue weighted by Gasteiger charge is -2.33. The predicted molar refractivity (Wildman–Crippen MR) is 75.5 cm³/mol. The highest BCUT2D eigenvalue weighted by Gasteiger charge is 2.24. The lowest BCUT2D eigenvalue weighted by molar-refractivity contribution is -0.133. The average molecular weight is 269 g/mol. The number of hydrogen-bond donors (Lipinski definition) is 2. The van der Waals surface area contributed by atoms with Crippen molar-refractivity contribution in [3.8, 4) is 0 Å². The minimum absolute atomic E-state index is 0.129. The minimum atomic E-state index is 0.129. The van der Waals surface area contributed by atoms with Crippen LogP contribution in [0.25, 0.3) is 0 Å². The van der Waals surface area contributed by atoms with Crippen LogP contribution < -0.4 is 11.1 Å². The molecule has 1 aliphatic heterocycles. The van der Waals surface area contributed by atoms with Crippen molar-refractivity contribution in [2.24, 2.45) is 11.7 Å². The number of carbonyl (C=O) groups is 2. The third kappa shape index (κ3) is 5.59. The van der Waals surface area contributed by atoms with Gasteiger partial charge in [-0.3, -0.25) is 9.59 Å². The number of nitrogens with one attached hydrogen (secondary N) is 1. The fourth-order valence-corrected chi connectivity index (χ4v) is 2.31. The van der Waals surface area contributed by atoms with Gasteiger partial charge in [0, 0.05) is 32.0 Å². The van der Waals surface area contributed by atoms with Gasteiger partial charge >= 0.3 is 0 Å². The molecule has 1 saturated heterocycles. The fourth-order valence-electron chi connectivity index (χ4n) is 2.31. The van der Waals surface area contributed by atoms with Gasteiger partial charge in [0.15, 0.2) is 0 Å². The Morgan fingerprint density at radius 1 is 1.37 bits per heavy atom. The molecule has 0 aromatic rings. The monoisotopic (exact) mass is 269 g/mol. The summed E-state index contributed by atoms with van der Waals surface area (Å²) in [5.74, 6) is 0.565. The van der Waals surface area contributed by atoms with Gasteiger partial charge in [-0.05, 0) is 31.7 Å². The zero-order valence-corrected chi connectivity index (χ0v) is 12.2. The summed E-state index contributed by atoms with van der Waals surface area (Å²) in [5.41, 5.74) is 5.54. The third-order valence-electron chi connectivity index (χ3n) is 3.62. The second-order valence-electron chi connectivity index (χ2n) is 5.52. The van der Waals surface area contributed by atoms with Gasteiger partial charge in [0.1, 0.15) is 0 Å². The molecule has 5 nitrogen and oxygen atoms in total. The summed E-state index contributed by atoms with van der Waals surface area (Å²) in [4.78, 5) is 25.4. The molecule has 0 aromatic heterocycles. The Morgan fingerprint density at radius 3 is 2.53 bits per heavy atom. The molecular formula is C14H27N3O2. The van der Waals surface area contributed by atoms with E-state index >= 15 is 0 Å². The maximum atomic E-state index is 12.0. The Hall–Kier alpha value is -1.10. The van der Waals surface area contributed by atoms with E-state index in [0.717, 1.165) is 32.4 Å². The van der Waals surface area contributed by atoms with Crippen LogP contribution in [-0.4, -0.2) is 42.4 Å². The molecule has 0 spiro atoms. The molecule has 2 amide bonds. The van der Waals surface area contributed by atoms with Crippen LogP contribution in [-0.2, 0) is 9.59 Å². The average Bonchev–Trinajstić information content (AvgIpc) is 2.39. The number of piperidine rings is 1. The standard InChI is InChI=1S/C14H27N3O2/c1-3-4-13(18)16-12-5-7-17(8-6-12)14(19)9-11(2)10-15/h11-12H,3-10,15H2,1-2H3,(H,16,18). The zero-order chi connectivity index (χ0) is 14.3. The first kappa shape index (κ1) is 16.0. The Labute approximate surface area is 115 Å². The molecule has 0 aliphatic carbocycles. The van der Waals surface area contributed by atoms with E-state index in [1.165, 1.54) is 0 Å². The van der Waals surface area contributed by atoms with Crippen molar-refractivity contribution in [2.75, 3.05) is 19.6 Å². The molecule has 19 heavy (non-hydrogen) atoms. The van der Waals surface area contributed by atoms with Crippen LogP contribution in [0.3, 0.4) is 0 Å². The van der Waals surface area contributed by atoms with Gasteiger partial charge in [0.25, 0.3) is 0 Å². The summed E-state index contributed by atoms with van der Waals surface area (Å²) in [5, 5.41) is 3.03. The molecule has 1 atom stereocenters. The Balaban J connectivity index is 2.28. The second kappa shape index (κ2) is 8.15. The van der Waals surface area contributed by atoms with Crippen molar-refractivity contribution in [1.29, 1.82) is 0 Å². The fraction of sp³-hybridized carbons (Fsp3) is 0.857. The number of amides is 2. The summed E-state index contributed by atoms with van der Waals surface area (Å²) in [7, 11) is 0. The van der Waals surface area contributed by atoms with Gasteiger partial charge in [-0.1, -0.05) is 13.8 Å². The van der Waals surface area contributed by atoms with Crippen LogP contribution >= 0.6 is 0 Å². The molecule has 0 saturated carbocycles. The third-order valence-corrected chi connectivity index (χ3v) is 3.62. The number of nitrogens with two attached hydrogens (primary N) is 1. The Morgan fingerprint density at radius 2 is 2.00 bits per heavy atom. The highest BCUT2D eigenvalue weighted by atomic mass is 16.2. The highest BCUT2D eigenvalue weighted by Crippen LogP contribution is 2.13. The summed E-state index contributed by atoms with van der Waals surface area (Å²) >= 11 is 0. The molecule has 1 rings (SSSR count). The van der Waals surface area contributed by atoms with Gasteiger partial charge in [0.2, 0.25) is 11.8 Å². The summed E-state index contributed by atoms with van der Waals surface area (Å²) in [6.07, 6.45) is 3.72. The molecule has 0 radical (unpaired) electrons. The lowest BCUT2D eigenvalue weighted by atomic mass is 10.0. The van der Waals surface area contributed by atoms with Crippen molar-refractivity contribution in [2.45, 2.75) is 52.0 Å². The first-order chi connectivity index (χ1) is 9.06. The maximum absolute atomic E-state index is 12.0. The van der Waals surface area contributed by atoms with Crippen LogP contribution in [0.2, 0.25) is 0 Å². The van der Waals surface area contributed by atoms with Gasteiger partial charge in [-0.15, -0.1) is 0 Å². The molecule has 3 N–H and O–H groups in total. The van der Waals surface area contributed by atoms with Crippen molar-refractivity contribution >= 4 is 11.8 Å². The largest absolute Gasteiger partial charge is 0.353 e. The summed E-state index contributed by atoms with van der Waals surface area (Å²) in [6.45, 7) is 6.03. The van der Waals surface area contributed by atoms with Crippen molar-refractivity contribution in [3.63, 3.8) is 0 Å². The minimum Gasteiger partial charge on any atom is -0.353 e.